The van der Waals surface area contributed by atoms with Gasteiger partial charge in [-0.15, -0.1) is 0 Å². The van der Waals surface area contributed by atoms with Crippen molar-refractivity contribution in [2.75, 3.05) is 27.2 Å². The second kappa shape index (κ2) is 10.9. The number of carbonyl (C=O) groups excluding carboxylic acids is 1. The average molecular weight is 468 g/mol. The van der Waals surface area contributed by atoms with Gasteiger partial charge in [0.1, 0.15) is 6.07 Å². The Morgan fingerprint density at radius 3 is 2.66 bits per heavy atom. The Morgan fingerprint density at radius 2 is 1.91 bits per heavy atom. The number of nitrogens with zero attached hydrogens (tertiary/aromatic N) is 3. The molecule has 178 valence electrons. The minimum absolute atomic E-state index is 0.0252. The summed E-state index contributed by atoms with van der Waals surface area (Å²) in [6, 6.07) is 20.8. The number of amides is 1. The summed E-state index contributed by atoms with van der Waals surface area (Å²) in [5.41, 5.74) is 4.89. The molecule has 0 fully saturated rings. The Morgan fingerprint density at radius 1 is 1.11 bits per heavy atom. The molecule has 0 spiro atoms. The van der Waals surface area contributed by atoms with E-state index in [0.717, 1.165) is 40.7 Å². The summed E-state index contributed by atoms with van der Waals surface area (Å²) in [5, 5.41) is 13.1. The highest BCUT2D eigenvalue weighted by Gasteiger charge is 2.10. The molecular weight excluding hydrogens is 438 g/mol. The van der Waals surface area contributed by atoms with E-state index in [1.807, 2.05) is 50.5 Å². The third-order valence-corrected chi connectivity index (χ3v) is 6.05. The largest absolute Gasteiger partial charge is 0.360 e. The zero-order valence-corrected chi connectivity index (χ0v) is 20.0. The second-order valence-electron chi connectivity index (χ2n) is 8.84. The molecular formula is C28H29N5O2. The Hall–Kier alpha value is -4.15. The van der Waals surface area contributed by atoms with Gasteiger partial charge < -0.3 is 19.8 Å². The zero-order chi connectivity index (χ0) is 24.8. The number of pyridine rings is 1. The van der Waals surface area contributed by atoms with E-state index in [2.05, 4.69) is 21.3 Å². The quantitative estimate of drug-likeness (QED) is 0.392. The molecule has 0 aliphatic carbocycles. The van der Waals surface area contributed by atoms with Crippen LogP contribution in [0.2, 0.25) is 0 Å². The number of nitrogens with one attached hydrogen (secondary N) is 2. The van der Waals surface area contributed by atoms with Crippen LogP contribution >= 0.6 is 0 Å². The fraction of sp³-hybridized carbons (Fsp3) is 0.250. The molecule has 2 aromatic heterocycles. The number of fused-ring (bicyclic) bond motifs is 1. The highest BCUT2D eigenvalue weighted by Crippen LogP contribution is 2.20. The first-order valence-electron chi connectivity index (χ1n) is 11.7. The normalized spacial score (nSPS) is 11.0. The molecule has 2 aromatic carbocycles. The molecule has 7 heteroatoms. The summed E-state index contributed by atoms with van der Waals surface area (Å²) in [4.78, 5) is 30.3. The van der Waals surface area contributed by atoms with Crippen molar-refractivity contribution in [2.24, 2.45) is 0 Å². The first-order valence-corrected chi connectivity index (χ1v) is 11.7. The van der Waals surface area contributed by atoms with Crippen LogP contribution in [-0.2, 0) is 13.0 Å². The Kier molecular flexibility index (Phi) is 7.44. The Bertz CT molecular complexity index is 1420. The minimum atomic E-state index is -0.145. The molecule has 0 unspecified atom stereocenters. The lowest BCUT2D eigenvalue weighted by molar-refractivity contribution is 0.0954. The number of hydrogen-bond acceptors (Lipinski definition) is 4. The topological polar surface area (TPSA) is 93.9 Å². The second-order valence-corrected chi connectivity index (χ2v) is 8.84. The van der Waals surface area contributed by atoms with Gasteiger partial charge in [-0.05, 0) is 74.9 Å². The molecule has 0 atom stereocenters. The van der Waals surface area contributed by atoms with Crippen molar-refractivity contribution < 1.29 is 4.79 Å². The number of nitriles is 1. The lowest BCUT2D eigenvalue weighted by Crippen LogP contribution is -2.25. The van der Waals surface area contributed by atoms with Crippen molar-refractivity contribution >= 4 is 16.8 Å². The van der Waals surface area contributed by atoms with Crippen molar-refractivity contribution in [1.29, 1.82) is 5.26 Å². The van der Waals surface area contributed by atoms with E-state index in [9.17, 15) is 14.9 Å². The number of benzene rings is 2. The molecule has 0 saturated carbocycles. The standard InChI is InChI=1S/C28H29N5O2/c1-32(2)15-4-16-33-26(5-3-6-27(33)34)21-8-10-22(11-9-21)28(35)30-14-13-20-7-12-25-24(17-20)23(18-29)19-31-25/h3,5-12,17,19,31H,4,13-16H2,1-2H3,(H,30,35). The van der Waals surface area contributed by atoms with Gasteiger partial charge in [0.2, 0.25) is 0 Å². The summed E-state index contributed by atoms with van der Waals surface area (Å²) in [6.07, 6.45) is 3.25. The molecule has 4 rings (SSSR count). The third kappa shape index (κ3) is 5.68. The van der Waals surface area contributed by atoms with Crippen molar-refractivity contribution in [3.63, 3.8) is 0 Å². The fourth-order valence-corrected chi connectivity index (χ4v) is 4.18. The van der Waals surface area contributed by atoms with Gasteiger partial charge in [0.05, 0.1) is 11.3 Å². The average Bonchev–Trinajstić information content (AvgIpc) is 3.27. The van der Waals surface area contributed by atoms with Gasteiger partial charge in [0.25, 0.3) is 11.5 Å². The van der Waals surface area contributed by atoms with Crippen LogP contribution in [0.1, 0.15) is 27.9 Å². The van der Waals surface area contributed by atoms with Crippen molar-refractivity contribution in [3.05, 3.63) is 93.9 Å². The lowest BCUT2D eigenvalue weighted by Gasteiger charge is -2.15. The smallest absolute Gasteiger partial charge is 0.251 e. The number of carbonyl (C=O) groups is 1. The van der Waals surface area contributed by atoms with E-state index in [1.165, 1.54) is 0 Å². The van der Waals surface area contributed by atoms with Crippen molar-refractivity contribution in [1.82, 2.24) is 19.8 Å². The van der Waals surface area contributed by atoms with Gasteiger partial charge in [0.15, 0.2) is 0 Å². The number of aromatic amines is 1. The van der Waals surface area contributed by atoms with Gasteiger partial charge in [-0.3, -0.25) is 9.59 Å². The fourth-order valence-electron chi connectivity index (χ4n) is 4.18. The van der Waals surface area contributed by atoms with Crippen LogP contribution in [0, 0.1) is 11.3 Å². The predicted molar refractivity (Wildman–Crippen MR) is 138 cm³/mol. The van der Waals surface area contributed by atoms with Gasteiger partial charge in [0, 0.05) is 41.8 Å². The summed E-state index contributed by atoms with van der Waals surface area (Å²) in [5.74, 6) is -0.145. The van der Waals surface area contributed by atoms with Crippen molar-refractivity contribution in [3.8, 4) is 17.3 Å². The van der Waals surface area contributed by atoms with E-state index < -0.39 is 0 Å². The zero-order valence-electron chi connectivity index (χ0n) is 20.0. The van der Waals surface area contributed by atoms with E-state index in [1.54, 1.807) is 35.0 Å². The predicted octanol–water partition coefficient (Wildman–Crippen LogP) is 3.79. The molecule has 0 saturated heterocycles. The Labute approximate surface area is 204 Å². The summed E-state index contributed by atoms with van der Waals surface area (Å²) >= 11 is 0. The number of hydrogen-bond donors (Lipinski definition) is 2. The van der Waals surface area contributed by atoms with Gasteiger partial charge in [-0.1, -0.05) is 24.3 Å². The number of aromatic nitrogens is 2. The van der Waals surface area contributed by atoms with Crippen molar-refractivity contribution in [2.45, 2.75) is 19.4 Å². The van der Waals surface area contributed by atoms with E-state index in [0.29, 0.717) is 30.6 Å². The first-order chi connectivity index (χ1) is 17.0. The van der Waals surface area contributed by atoms with Crippen LogP contribution < -0.4 is 10.9 Å². The molecule has 1 amide bonds. The number of rotatable bonds is 9. The molecule has 0 aliphatic heterocycles. The molecule has 4 aromatic rings. The van der Waals surface area contributed by atoms with Gasteiger partial charge >= 0.3 is 0 Å². The molecule has 0 radical (unpaired) electrons. The van der Waals surface area contributed by atoms with E-state index >= 15 is 0 Å². The van der Waals surface area contributed by atoms with Crippen LogP contribution in [0.15, 0.2) is 71.7 Å². The molecule has 0 aliphatic rings. The molecule has 2 heterocycles. The highest BCUT2D eigenvalue weighted by molar-refractivity contribution is 5.94. The molecule has 2 N–H and O–H groups in total. The van der Waals surface area contributed by atoms with Crippen LogP contribution in [0.25, 0.3) is 22.2 Å². The van der Waals surface area contributed by atoms with E-state index in [4.69, 9.17) is 0 Å². The third-order valence-electron chi connectivity index (χ3n) is 6.05. The summed E-state index contributed by atoms with van der Waals surface area (Å²) in [6.45, 7) is 2.03. The maximum absolute atomic E-state index is 12.7. The Balaban J connectivity index is 1.39. The van der Waals surface area contributed by atoms with Crippen LogP contribution in [0.3, 0.4) is 0 Å². The highest BCUT2D eigenvalue weighted by atomic mass is 16.1. The summed E-state index contributed by atoms with van der Waals surface area (Å²) in [7, 11) is 4.03. The van der Waals surface area contributed by atoms with E-state index in [-0.39, 0.29) is 11.5 Å². The summed E-state index contributed by atoms with van der Waals surface area (Å²) < 4.78 is 1.79. The maximum Gasteiger partial charge on any atom is 0.251 e. The first kappa shape index (κ1) is 24.0. The minimum Gasteiger partial charge on any atom is -0.360 e. The monoisotopic (exact) mass is 467 g/mol. The molecule has 7 nitrogen and oxygen atoms in total. The maximum atomic E-state index is 12.7. The lowest BCUT2D eigenvalue weighted by atomic mass is 10.1. The van der Waals surface area contributed by atoms with Crippen LogP contribution in [0.5, 0.6) is 0 Å². The number of H-pyrrole nitrogens is 1. The van der Waals surface area contributed by atoms with Gasteiger partial charge in [-0.25, -0.2) is 0 Å². The van der Waals surface area contributed by atoms with Crippen LogP contribution in [-0.4, -0.2) is 47.5 Å². The van der Waals surface area contributed by atoms with Crippen LogP contribution in [0.4, 0.5) is 0 Å². The molecule has 35 heavy (non-hydrogen) atoms. The molecule has 0 bridgehead atoms. The van der Waals surface area contributed by atoms with Gasteiger partial charge in [-0.2, -0.15) is 5.26 Å². The SMILES string of the molecule is CN(C)CCCn1c(-c2ccc(C(=O)NCCc3ccc4[nH]cc(C#N)c4c3)cc2)cccc1=O.